The Bertz CT molecular complexity index is 452. The number of carbonyl (C=O) groups excluding carboxylic acids is 2. The first kappa shape index (κ1) is 19.1. The van der Waals surface area contributed by atoms with Crippen molar-refractivity contribution in [3.05, 3.63) is 24.0 Å². The van der Waals surface area contributed by atoms with Gasteiger partial charge >= 0.3 is 0 Å². The van der Waals surface area contributed by atoms with Crippen molar-refractivity contribution in [3.63, 3.8) is 0 Å². The molecule has 2 amide bonds. The molecule has 0 bridgehead atoms. The van der Waals surface area contributed by atoms with Crippen LogP contribution in [0.2, 0.25) is 0 Å². The van der Waals surface area contributed by atoms with Gasteiger partial charge in [0.15, 0.2) is 0 Å². The summed E-state index contributed by atoms with van der Waals surface area (Å²) in [6, 6.07) is 0. The van der Waals surface area contributed by atoms with Gasteiger partial charge in [0.25, 0.3) is 0 Å². The average molecular weight is 321 g/mol. The van der Waals surface area contributed by atoms with Gasteiger partial charge < -0.3 is 10.1 Å². The van der Waals surface area contributed by atoms with E-state index in [2.05, 4.69) is 21.7 Å². The molecule has 1 heterocycles. The van der Waals surface area contributed by atoms with Crippen LogP contribution in [-0.4, -0.2) is 44.8 Å². The fourth-order valence-electron chi connectivity index (χ4n) is 2.35. The first-order valence-electron chi connectivity index (χ1n) is 8.06. The van der Waals surface area contributed by atoms with Gasteiger partial charge in [-0.15, -0.1) is 0 Å². The van der Waals surface area contributed by atoms with Crippen LogP contribution in [0.15, 0.2) is 29.0 Å². The van der Waals surface area contributed by atoms with E-state index in [9.17, 15) is 9.59 Å². The van der Waals surface area contributed by atoms with E-state index in [1.54, 1.807) is 13.3 Å². The van der Waals surface area contributed by atoms with Crippen molar-refractivity contribution in [3.8, 4) is 0 Å². The lowest BCUT2D eigenvalue weighted by atomic mass is 9.98. The fraction of sp³-hybridized carbons (Fsp3) is 0.588. The summed E-state index contributed by atoms with van der Waals surface area (Å²) in [5, 5.41) is 5.46. The summed E-state index contributed by atoms with van der Waals surface area (Å²) in [7, 11) is 1.69. The molecule has 1 rings (SSSR count). The van der Waals surface area contributed by atoms with Crippen LogP contribution in [0.5, 0.6) is 0 Å². The molecule has 2 N–H and O–H groups in total. The number of carbonyl (C=O) groups is 2. The molecule has 6 heteroatoms. The molecular formula is C17H27N3O3. The maximum atomic E-state index is 11.3. The molecule has 23 heavy (non-hydrogen) atoms. The Morgan fingerprint density at radius 1 is 1.43 bits per heavy atom. The van der Waals surface area contributed by atoms with Crippen molar-refractivity contribution >= 4 is 18.5 Å². The number of ether oxygens (including phenoxy) is 1. The summed E-state index contributed by atoms with van der Waals surface area (Å²) in [6.45, 7) is 4.03. The molecular weight excluding hydrogens is 294 g/mol. The van der Waals surface area contributed by atoms with Crippen LogP contribution in [0.1, 0.15) is 32.6 Å². The van der Waals surface area contributed by atoms with Crippen molar-refractivity contribution < 1.29 is 14.3 Å². The second kappa shape index (κ2) is 11.6. The van der Waals surface area contributed by atoms with Gasteiger partial charge in [-0.25, -0.2) is 0 Å². The van der Waals surface area contributed by atoms with E-state index >= 15 is 0 Å². The third kappa shape index (κ3) is 8.93. The number of amides is 2. The first-order valence-corrected chi connectivity index (χ1v) is 8.06. The zero-order valence-corrected chi connectivity index (χ0v) is 14.0. The van der Waals surface area contributed by atoms with Gasteiger partial charge in [0.1, 0.15) is 5.76 Å². The minimum Gasteiger partial charge on any atom is -0.489 e. The topological polar surface area (TPSA) is 79.8 Å². The number of rotatable bonds is 9. The molecule has 1 atom stereocenters. The number of allylic oxidation sites excluding steroid dienone is 4. The number of nitrogens with zero attached hydrogens (tertiary/aromatic N) is 1. The van der Waals surface area contributed by atoms with E-state index in [0.29, 0.717) is 24.5 Å². The van der Waals surface area contributed by atoms with Crippen molar-refractivity contribution in [2.75, 3.05) is 20.1 Å². The molecule has 1 unspecified atom stereocenters. The van der Waals surface area contributed by atoms with Crippen LogP contribution in [0, 0.1) is 5.92 Å². The maximum absolute atomic E-state index is 11.3. The van der Waals surface area contributed by atoms with E-state index < -0.39 is 0 Å². The molecule has 6 nitrogen and oxygen atoms in total. The van der Waals surface area contributed by atoms with Crippen molar-refractivity contribution in [2.24, 2.45) is 10.9 Å². The van der Waals surface area contributed by atoms with Crippen LogP contribution in [0.25, 0.3) is 0 Å². The second-order valence-corrected chi connectivity index (χ2v) is 5.58. The standard InChI is InChI=1S/C17H27N3O3/c1-14(6-7-17(22)20-13-21)23-16(12-18-2)5-3-4-15-8-10-19-11-9-15/h3-5,12-15,19H,6-11H2,1-2H3,(H,20,21,22)/b4-3+,16-5+,18-12-. The zero-order valence-electron chi connectivity index (χ0n) is 14.0. The maximum Gasteiger partial charge on any atom is 0.226 e. The van der Waals surface area contributed by atoms with E-state index in [0.717, 1.165) is 25.9 Å². The number of piperidine rings is 1. The van der Waals surface area contributed by atoms with E-state index in [-0.39, 0.29) is 18.4 Å². The Morgan fingerprint density at radius 2 is 2.17 bits per heavy atom. The highest BCUT2D eigenvalue weighted by Gasteiger charge is 2.10. The molecule has 1 saturated heterocycles. The number of hydrogen-bond donors (Lipinski definition) is 2. The van der Waals surface area contributed by atoms with Crippen molar-refractivity contribution in [2.45, 2.75) is 38.7 Å². The SMILES string of the molecule is C\N=C/C(=C\C=C\C1CCNCC1)OC(C)CCC(=O)NC=O. The van der Waals surface area contributed by atoms with E-state index in [4.69, 9.17) is 4.74 Å². The number of aliphatic imine (C=N–C) groups is 1. The third-order valence-corrected chi connectivity index (χ3v) is 3.62. The predicted octanol–water partition coefficient (Wildman–Crippen LogP) is 1.58. The Balaban J connectivity index is 2.45. The lowest BCUT2D eigenvalue weighted by molar-refractivity contribution is -0.125. The molecule has 0 aliphatic carbocycles. The fourth-order valence-corrected chi connectivity index (χ4v) is 2.35. The van der Waals surface area contributed by atoms with Gasteiger partial charge in [0.2, 0.25) is 12.3 Å². The molecule has 0 radical (unpaired) electrons. The van der Waals surface area contributed by atoms with E-state index in [1.165, 1.54) is 0 Å². The summed E-state index contributed by atoms with van der Waals surface area (Å²) in [4.78, 5) is 25.4. The quantitative estimate of drug-likeness (QED) is 0.292. The van der Waals surface area contributed by atoms with Crippen LogP contribution < -0.4 is 10.6 Å². The average Bonchev–Trinajstić information content (AvgIpc) is 2.54. The molecule has 0 aromatic heterocycles. The normalized spacial score (nSPS) is 18.3. The summed E-state index contributed by atoms with van der Waals surface area (Å²) in [5.74, 6) is 0.980. The number of imide groups is 1. The van der Waals surface area contributed by atoms with Crippen LogP contribution in [0.3, 0.4) is 0 Å². The molecule has 128 valence electrons. The Kier molecular flexibility index (Phi) is 9.63. The van der Waals surface area contributed by atoms with Crippen molar-refractivity contribution in [1.29, 1.82) is 0 Å². The number of hydrogen-bond acceptors (Lipinski definition) is 5. The van der Waals surface area contributed by atoms with Crippen LogP contribution in [0.4, 0.5) is 0 Å². The van der Waals surface area contributed by atoms with E-state index in [1.807, 2.05) is 19.1 Å². The highest BCUT2D eigenvalue weighted by atomic mass is 16.5. The Hall–Kier alpha value is -1.95. The highest BCUT2D eigenvalue weighted by molar-refractivity contribution is 5.85. The lowest BCUT2D eigenvalue weighted by Gasteiger charge is -2.19. The zero-order chi connectivity index (χ0) is 16.9. The van der Waals surface area contributed by atoms with Gasteiger partial charge in [0.05, 0.1) is 12.3 Å². The van der Waals surface area contributed by atoms with Crippen LogP contribution >= 0.6 is 0 Å². The first-order chi connectivity index (χ1) is 11.2. The van der Waals surface area contributed by atoms with Gasteiger partial charge in [-0.1, -0.05) is 12.2 Å². The molecule has 0 aromatic carbocycles. The minimum absolute atomic E-state index is 0.135. The van der Waals surface area contributed by atoms with Gasteiger partial charge in [-0.05, 0) is 51.3 Å². The summed E-state index contributed by atoms with van der Waals surface area (Å²) >= 11 is 0. The van der Waals surface area contributed by atoms with Gasteiger partial charge in [-0.3, -0.25) is 19.9 Å². The predicted molar refractivity (Wildman–Crippen MR) is 91.2 cm³/mol. The summed E-state index contributed by atoms with van der Waals surface area (Å²) < 4.78 is 5.79. The largest absolute Gasteiger partial charge is 0.489 e. The second-order valence-electron chi connectivity index (χ2n) is 5.58. The van der Waals surface area contributed by atoms with Gasteiger partial charge in [-0.2, -0.15) is 0 Å². The summed E-state index contributed by atoms with van der Waals surface area (Å²) in [5.41, 5.74) is 0. The van der Waals surface area contributed by atoms with Gasteiger partial charge in [0, 0.05) is 13.5 Å². The molecule has 1 fully saturated rings. The Morgan fingerprint density at radius 3 is 2.83 bits per heavy atom. The summed E-state index contributed by atoms with van der Waals surface area (Å²) in [6.07, 6.45) is 11.1. The highest BCUT2D eigenvalue weighted by Crippen LogP contribution is 2.13. The molecule has 1 aliphatic heterocycles. The molecule has 1 aliphatic rings. The number of nitrogens with one attached hydrogen (secondary N) is 2. The minimum atomic E-state index is -0.295. The molecule has 0 aromatic rings. The molecule has 0 saturated carbocycles. The lowest BCUT2D eigenvalue weighted by Crippen LogP contribution is -2.26. The monoisotopic (exact) mass is 321 g/mol. The third-order valence-electron chi connectivity index (χ3n) is 3.62. The van der Waals surface area contributed by atoms with Crippen LogP contribution in [-0.2, 0) is 14.3 Å². The molecule has 0 spiro atoms. The smallest absolute Gasteiger partial charge is 0.226 e. The van der Waals surface area contributed by atoms with Crippen molar-refractivity contribution in [1.82, 2.24) is 10.6 Å². The Labute approximate surface area is 138 Å².